The second-order valence-corrected chi connectivity index (χ2v) is 5.79. The van der Waals surface area contributed by atoms with Gasteiger partial charge in [-0.25, -0.2) is 0 Å². The van der Waals surface area contributed by atoms with Crippen LogP contribution in [-0.2, 0) is 14.4 Å². The first-order chi connectivity index (χ1) is 9.47. The summed E-state index contributed by atoms with van der Waals surface area (Å²) >= 11 is 1.48. The Morgan fingerprint density at radius 1 is 1.50 bits per heavy atom. The molecule has 1 unspecified atom stereocenters. The first-order valence-electron chi connectivity index (χ1n) is 6.28. The van der Waals surface area contributed by atoms with E-state index in [2.05, 4.69) is 5.32 Å². The molecule has 108 valence electrons. The van der Waals surface area contributed by atoms with Crippen LogP contribution in [0.2, 0.25) is 0 Å². The van der Waals surface area contributed by atoms with Crippen LogP contribution in [0.4, 0.5) is 0 Å². The summed E-state index contributed by atoms with van der Waals surface area (Å²) in [4.78, 5) is 36.4. The van der Waals surface area contributed by atoms with Gasteiger partial charge in [-0.1, -0.05) is 6.07 Å². The van der Waals surface area contributed by atoms with Crippen molar-refractivity contribution in [3.63, 3.8) is 0 Å². The Hall–Kier alpha value is -1.89. The Bertz CT molecular complexity index is 508. The van der Waals surface area contributed by atoms with Gasteiger partial charge in [0.2, 0.25) is 11.8 Å². The molecule has 7 heteroatoms. The van der Waals surface area contributed by atoms with Crippen molar-refractivity contribution in [2.75, 3.05) is 13.1 Å². The Labute approximate surface area is 120 Å². The second-order valence-electron chi connectivity index (χ2n) is 4.81. The average Bonchev–Trinajstić information content (AvgIpc) is 2.77. The van der Waals surface area contributed by atoms with Crippen molar-refractivity contribution in [2.45, 2.75) is 19.4 Å². The lowest BCUT2D eigenvalue weighted by Crippen LogP contribution is -2.53. The number of rotatable bonds is 5. The molecule has 1 aromatic rings. The maximum Gasteiger partial charge on any atom is 0.310 e. The van der Waals surface area contributed by atoms with Gasteiger partial charge >= 0.3 is 5.97 Å². The number of likely N-dealkylation sites (tertiary alicyclic amines) is 1. The lowest BCUT2D eigenvalue weighted by molar-refractivity contribution is -0.152. The third kappa shape index (κ3) is 3.36. The van der Waals surface area contributed by atoms with Crippen molar-refractivity contribution in [3.8, 4) is 0 Å². The number of hydrogen-bond acceptors (Lipinski definition) is 4. The number of carbonyl (C=O) groups is 3. The van der Waals surface area contributed by atoms with Crippen molar-refractivity contribution in [2.24, 2.45) is 5.92 Å². The van der Waals surface area contributed by atoms with Crippen LogP contribution in [0.25, 0.3) is 0 Å². The monoisotopic (exact) mass is 296 g/mol. The van der Waals surface area contributed by atoms with Crippen LogP contribution in [0, 0.1) is 5.92 Å². The standard InChI is InChI=1S/C13H16N2O4S/c1-8(16)14-10(11-3-2-4-20-11)5-12(17)15-6-9(7-15)13(18)19/h2-4,9-10H,5-7H2,1H3,(H,14,16)(H,18,19). The molecule has 0 bridgehead atoms. The van der Waals surface area contributed by atoms with Gasteiger partial charge in [-0.2, -0.15) is 0 Å². The van der Waals surface area contributed by atoms with Crippen molar-refractivity contribution >= 4 is 29.1 Å². The minimum absolute atomic E-state index is 0.130. The van der Waals surface area contributed by atoms with Crippen molar-refractivity contribution in [1.29, 1.82) is 0 Å². The van der Waals surface area contributed by atoms with Gasteiger partial charge in [0, 0.05) is 24.9 Å². The van der Waals surface area contributed by atoms with Crippen molar-refractivity contribution in [3.05, 3.63) is 22.4 Å². The Morgan fingerprint density at radius 2 is 2.20 bits per heavy atom. The van der Waals surface area contributed by atoms with Gasteiger partial charge in [0.1, 0.15) is 0 Å². The smallest absolute Gasteiger partial charge is 0.310 e. The molecule has 0 aromatic carbocycles. The zero-order chi connectivity index (χ0) is 14.7. The molecule has 1 fully saturated rings. The zero-order valence-corrected chi connectivity index (χ0v) is 11.9. The number of carbonyl (C=O) groups excluding carboxylic acids is 2. The van der Waals surface area contributed by atoms with Crippen LogP contribution in [0.15, 0.2) is 17.5 Å². The third-order valence-electron chi connectivity index (χ3n) is 3.23. The van der Waals surface area contributed by atoms with Crippen molar-refractivity contribution < 1.29 is 19.5 Å². The molecule has 1 aliphatic rings. The highest BCUT2D eigenvalue weighted by atomic mass is 32.1. The van der Waals surface area contributed by atoms with E-state index >= 15 is 0 Å². The molecule has 1 saturated heterocycles. The predicted molar refractivity (Wildman–Crippen MR) is 73.2 cm³/mol. The van der Waals surface area contributed by atoms with E-state index in [1.807, 2.05) is 17.5 Å². The molecule has 2 N–H and O–H groups in total. The Kier molecular flexibility index (Phi) is 4.39. The lowest BCUT2D eigenvalue weighted by Gasteiger charge is -2.37. The van der Waals surface area contributed by atoms with Gasteiger partial charge in [0.25, 0.3) is 0 Å². The summed E-state index contributed by atoms with van der Waals surface area (Å²) in [5, 5.41) is 13.4. The van der Waals surface area contributed by atoms with Gasteiger partial charge < -0.3 is 15.3 Å². The molecule has 6 nitrogen and oxygen atoms in total. The number of nitrogens with one attached hydrogen (secondary N) is 1. The van der Waals surface area contributed by atoms with E-state index in [0.717, 1.165) is 4.88 Å². The van der Waals surface area contributed by atoms with E-state index in [0.29, 0.717) is 0 Å². The number of aliphatic carboxylic acids is 1. The molecule has 0 saturated carbocycles. The third-order valence-corrected chi connectivity index (χ3v) is 4.21. The number of hydrogen-bond donors (Lipinski definition) is 2. The summed E-state index contributed by atoms with van der Waals surface area (Å²) in [5.41, 5.74) is 0. The fraction of sp³-hybridized carbons (Fsp3) is 0.462. The molecule has 0 spiro atoms. The molecule has 0 radical (unpaired) electrons. The normalized spacial score (nSPS) is 16.4. The molecule has 2 rings (SSSR count). The number of amides is 2. The second kappa shape index (κ2) is 6.04. The summed E-state index contributed by atoms with van der Waals surface area (Å²) in [6, 6.07) is 3.39. The molecule has 1 aliphatic heterocycles. The van der Waals surface area contributed by atoms with Crippen LogP contribution < -0.4 is 5.32 Å². The van der Waals surface area contributed by atoms with Crippen LogP contribution in [0.3, 0.4) is 0 Å². The van der Waals surface area contributed by atoms with Crippen LogP contribution in [0.1, 0.15) is 24.3 Å². The fourth-order valence-corrected chi connectivity index (χ4v) is 2.88. The molecular weight excluding hydrogens is 280 g/mol. The average molecular weight is 296 g/mol. The SMILES string of the molecule is CC(=O)NC(CC(=O)N1CC(C(=O)O)C1)c1cccs1. The molecule has 2 amide bonds. The van der Waals surface area contributed by atoms with E-state index < -0.39 is 11.9 Å². The van der Waals surface area contributed by atoms with Crippen LogP contribution >= 0.6 is 11.3 Å². The largest absolute Gasteiger partial charge is 0.481 e. The molecular formula is C13H16N2O4S. The summed E-state index contributed by atoms with van der Waals surface area (Å²) < 4.78 is 0. The topological polar surface area (TPSA) is 86.7 Å². The lowest BCUT2D eigenvalue weighted by atomic mass is 9.99. The van der Waals surface area contributed by atoms with E-state index in [-0.39, 0.29) is 37.4 Å². The van der Waals surface area contributed by atoms with E-state index in [1.165, 1.54) is 23.2 Å². The molecule has 2 heterocycles. The first kappa shape index (κ1) is 14.5. The summed E-state index contributed by atoms with van der Waals surface area (Å²) in [6.45, 7) is 1.92. The highest BCUT2D eigenvalue weighted by Crippen LogP contribution is 2.25. The van der Waals surface area contributed by atoms with Gasteiger partial charge in [-0.15, -0.1) is 11.3 Å². The van der Waals surface area contributed by atoms with E-state index in [4.69, 9.17) is 5.11 Å². The van der Waals surface area contributed by atoms with Crippen LogP contribution in [0.5, 0.6) is 0 Å². The quantitative estimate of drug-likeness (QED) is 0.843. The highest BCUT2D eigenvalue weighted by Gasteiger charge is 2.36. The highest BCUT2D eigenvalue weighted by molar-refractivity contribution is 7.10. The van der Waals surface area contributed by atoms with Gasteiger partial charge in [0.15, 0.2) is 0 Å². The summed E-state index contributed by atoms with van der Waals surface area (Å²) in [7, 11) is 0. The molecule has 1 aromatic heterocycles. The number of thiophene rings is 1. The molecule has 1 atom stereocenters. The van der Waals surface area contributed by atoms with E-state index in [9.17, 15) is 14.4 Å². The van der Waals surface area contributed by atoms with Gasteiger partial charge in [-0.3, -0.25) is 14.4 Å². The van der Waals surface area contributed by atoms with E-state index in [1.54, 1.807) is 0 Å². The summed E-state index contributed by atoms with van der Waals surface area (Å²) in [6.07, 6.45) is 0.159. The first-order valence-corrected chi connectivity index (χ1v) is 7.16. The Morgan fingerprint density at radius 3 is 2.70 bits per heavy atom. The molecule has 0 aliphatic carbocycles. The minimum Gasteiger partial charge on any atom is -0.481 e. The zero-order valence-electron chi connectivity index (χ0n) is 11.0. The van der Waals surface area contributed by atoms with Crippen molar-refractivity contribution in [1.82, 2.24) is 10.2 Å². The number of carboxylic acids is 1. The Balaban J connectivity index is 1.93. The minimum atomic E-state index is -0.870. The van der Waals surface area contributed by atoms with Gasteiger partial charge in [0.05, 0.1) is 18.4 Å². The maximum absolute atomic E-state index is 12.1. The maximum atomic E-state index is 12.1. The van der Waals surface area contributed by atoms with Crippen LogP contribution in [-0.4, -0.2) is 40.9 Å². The van der Waals surface area contributed by atoms with Gasteiger partial charge in [-0.05, 0) is 11.4 Å². The number of carboxylic acid groups (broad SMARTS) is 1. The fourth-order valence-electron chi connectivity index (χ4n) is 2.10. The number of nitrogens with zero attached hydrogens (tertiary/aromatic N) is 1. The molecule has 20 heavy (non-hydrogen) atoms. The summed E-state index contributed by atoms with van der Waals surface area (Å²) in [5.74, 6) is -1.65. The predicted octanol–water partition coefficient (Wildman–Crippen LogP) is 0.858.